The summed E-state index contributed by atoms with van der Waals surface area (Å²) in [5.74, 6) is 0. The van der Waals surface area contributed by atoms with Crippen LogP contribution >= 0.6 is 15.9 Å². The van der Waals surface area contributed by atoms with Crippen LogP contribution in [-0.4, -0.2) is 4.98 Å². The fourth-order valence-corrected chi connectivity index (χ4v) is 2.25. The number of benzene rings is 2. The molecule has 0 spiro atoms. The summed E-state index contributed by atoms with van der Waals surface area (Å²) in [6.45, 7) is 0. The van der Waals surface area contributed by atoms with Gasteiger partial charge in [0.05, 0.1) is 0 Å². The molecule has 0 amide bonds. The summed E-state index contributed by atoms with van der Waals surface area (Å²) in [5, 5.41) is 2.52. The second-order valence-corrected chi connectivity index (χ2v) is 4.71. The van der Waals surface area contributed by atoms with E-state index < -0.39 is 0 Å². The minimum Gasteiger partial charge on any atom is -0.249 e. The summed E-state index contributed by atoms with van der Waals surface area (Å²) in [6, 6.07) is 18.8. The molecule has 0 unspecified atom stereocenters. The highest BCUT2D eigenvalue weighted by molar-refractivity contribution is 9.10. The van der Waals surface area contributed by atoms with E-state index >= 15 is 0 Å². The lowest BCUT2D eigenvalue weighted by atomic mass is 10.00. The van der Waals surface area contributed by atoms with E-state index in [0.717, 1.165) is 10.2 Å². The molecular formula is C15H10BrN. The molecule has 0 atom stereocenters. The van der Waals surface area contributed by atoms with Gasteiger partial charge in [0.1, 0.15) is 4.60 Å². The fraction of sp³-hybridized carbons (Fsp3) is 0. The zero-order valence-electron chi connectivity index (χ0n) is 9.10. The van der Waals surface area contributed by atoms with Crippen molar-refractivity contribution in [1.29, 1.82) is 0 Å². The van der Waals surface area contributed by atoms with Gasteiger partial charge >= 0.3 is 0 Å². The molecule has 0 saturated carbocycles. The molecule has 0 aliphatic heterocycles. The van der Waals surface area contributed by atoms with E-state index in [0.29, 0.717) is 0 Å². The zero-order valence-corrected chi connectivity index (χ0v) is 10.7. The molecule has 0 aliphatic carbocycles. The van der Waals surface area contributed by atoms with Crippen molar-refractivity contribution in [3.63, 3.8) is 0 Å². The van der Waals surface area contributed by atoms with Crippen molar-refractivity contribution in [2.24, 2.45) is 0 Å². The number of pyridine rings is 1. The van der Waals surface area contributed by atoms with Crippen LogP contribution in [0.15, 0.2) is 65.4 Å². The van der Waals surface area contributed by atoms with Crippen molar-refractivity contribution >= 4 is 26.7 Å². The summed E-state index contributed by atoms with van der Waals surface area (Å²) >= 11 is 3.36. The Hall–Kier alpha value is -1.67. The molecule has 0 bridgehead atoms. The molecule has 2 aromatic carbocycles. The predicted octanol–water partition coefficient (Wildman–Crippen LogP) is 4.66. The largest absolute Gasteiger partial charge is 0.249 e. The topological polar surface area (TPSA) is 12.9 Å². The highest BCUT2D eigenvalue weighted by atomic mass is 79.9. The number of aromatic nitrogens is 1. The molecule has 0 radical (unpaired) electrons. The summed E-state index contributed by atoms with van der Waals surface area (Å²) in [4.78, 5) is 4.28. The summed E-state index contributed by atoms with van der Waals surface area (Å²) < 4.78 is 0.862. The lowest BCUT2D eigenvalue weighted by Crippen LogP contribution is -1.82. The fourth-order valence-electron chi connectivity index (χ4n) is 2.01. The second kappa shape index (κ2) is 4.30. The van der Waals surface area contributed by atoms with Gasteiger partial charge in [0.15, 0.2) is 0 Å². The van der Waals surface area contributed by atoms with Crippen molar-refractivity contribution < 1.29 is 0 Å². The minimum absolute atomic E-state index is 0.862. The van der Waals surface area contributed by atoms with Crippen LogP contribution in [0, 0.1) is 0 Å². The molecule has 0 saturated heterocycles. The van der Waals surface area contributed by atoms with E-state index in [1.807, 2.05) is 12.3 Å². The lowest BCUT2D eigenvalue weighted by Gasteiger charge is -2.06. The molecule has 82 valence electrons. The molecule has 2 heteroatoms. The van der Waals surface area contributed by atoms with E-state index in [4.69, 9.17) is 0 Å². The average molecular weight is 284 g/mol. The van der Waals surface area contributed by atoms with Gasteiger partial charge < -0.3 is 0 Å². The normalized spacial score (nSPS) is 10.6. The van der Waals surface area contributed by atoms with Gasteiger partial charge in [-0.2, -0.15) is 0 Å². The van der Waals surface area contributed by atoms with Gasteiger partial charge in [0.2, 0.25) is 0 Å². The first-order valence-electron chi connectivity index (χ1n) is 5.44. The van der Waals surface area contributed by atoms with E-state index in [-0.39, 0.29) is 0 Å². The van der Waals surface area contributed by atoms with Gasteiger partial charge in [-0.05, 0) is 38.3 Å². The highest BCUT2D eigenvalue weighted by Gasteiger charge is 2.03. The van der Waals surface area contributed by atoms with Crippen LogP contribution in [0.25, 0.3) is 21.9 Å². The zero-order chi connectivity index (χ0) is 11.7. The Morgan fingerprint density at radius 1 is 0.824 bits per heavy atom. The Morgan fingerprint density at radius 3 is 2.47 bits per heavy atom. The van der Waals surface area contributed by atoms with E-state index in [1.54, 1.807) is 0 Å². The van der Waals surface area contributed by atoms with Gasteiger partial charge in [-0.25, -0.2) is 4.98 Å². The van der Waals surface area contributed by atoms with Gasteiger partial charge in [-0.1, -0.05) is 48.5 Å². The molecule has 17 heavy (non-hydrogen) atoms. The third-order valence-electron chi connectivity index (χ3n) is 2.83. The molecule has 1 aromatic heterocycles. The van der Waals surface area contributed by atoms with Crippen LogP contribution in [0.4, 0.5) is 0 Å². The van der Waals surface area contributed by atoms with Crippen molar-refractivity contribution in [3.05, 3.63) is 65.4 Å². The maximum absolute atomic E-state index is 4.28. The van der Waals surface area contributed by atoms with E-state index in [2.05, 4.69) is 69.4 Å². The van der Waals surface area contributed by atoms with Crippen LogP contribution in [-0.2, 0) is 0 Å². The van der Waals surface area contributed by atoms with Gasteiger partial charge in [0, 0.05) is 11.8 Å². The number of nitrogens with zero attached hydrogens (tertiary/aromatic N) is 1. The van der Waals surface area contributed by atoms with Crippen LogP contribution < -0.4 is 0 Å². The molecule has 0 N–H and O–H groups in total. The number of rotatable bonds is 1. The van der Waals surface area contributed by atoms with E-state index in [1.165, 1.54) is 16.3 Å². The first kappa shape index (κ1) is 10.5. The molecule has 1 nitrogen and oxygen atoms in total. The second-order valence-electron chi connectivity index (χ2n) is 3.90. The Balaban J connectivity index is 2.27. The monoisotopic (exact) mass is 283 g/mol. The SMILES string of the molecule is Brc1ccc(-c2cccc3ccccc23)cn1. The lowest BCUT2D eigenvalue weighted by molar-refractivity contribution is 1.28. The standard InChI is InChI=1S/C15H10BrN/c16-15-9-8-12(10-17-15)14-7-3-5-11-4-1-2-6-13(11)14/h1-10H. The van der Waals surface area contributed by atoms with E-state index in [9.17, 15) is 0 Å². The van der Waals surface area contributed by atoms with Crippen LogP contribution in [0.5, 0.6) is 0 Å². The average Bonchev–Trinajstić information content (AvgIpc) is 2.39. The summed E-state index contributed by atoms with van der Waals surface area (Å²) in [5.41, 5.74) is 2.37. The maximum atomic E-state index is 4.28. The first-order chi connectivity index (χ1) is 8.34. The maximum Gasteiger partial charge on any atom is 0.106 e. The molecule has 3 rings (SSSR count). The number of halogens is 1. The molecule has 1 heterocycles. The Bertz CT molecular complexity index is 654. The Labute approximate surface area is 108 Å². The van der Waals surface area contributed by atoms with Crippen molar-refractivity contribution in [2.75, 3.05) is 0 Å². The van der Waals surface area contributed by atoms with Crippen LogP contribution in [0.2, 0.25) is 0 Å². The molecule has 0 aliphatic rings. The molecular weight excluding hydrogens is 274 g/mol. The first-order valence-corrected chi connectivity index (χ1v) is 6.23. The third kappa shape index (κ3) is 1.96. The Kier molecular flexibility index (Phi) is 2.65. The van der Waals surface area contributed by atoms with Crippen molar-refractivity contribution in [2.45, 2.75) is 0 Å². The van der Waals surface area contributed by atoms with Crippen molar-refractivity contribution in [3.8, 4) is 11.1 Å². The number of fused-ring (bicyclic) bond motifs is 1. The minimum atomic E-state index is 0.862. The third-order valence-corrected chi connectivity index (χ3v) is 3.30. The Morgan fingerprint density at radius 2 is 1.65 bits per heavy atom. The van der Waals surface area contributed by atoms with Crippen molar-refractivity contribution in [1.82, 2.24) is 4.98 Å². The molecule has 3 aromatic rings. The summed E-state index contributed by atoms with van der Waals surface area (Å²) in [6.07, 6.45) is 1.89. The van der Waals surface area contributed by atoms with Gasteiger partial charge in [0.25, 0.3) is 0 Å². The van der Waals surface area contributed by atoms with Gasteiger partial charge in [-0.3, -0.25) is 0 Å². The molecule has 0 fully saturated rings. The van der Waals surface area contributed by atoms with Crippen LogP contribution in [0.3, 0.4) is 0 Å². The van der Waals surface area contributed by atoms with Crippen LogP contribution in [0.1, 0.15) is 0 Å². The smallest absolute Gasteiger partial charge is 0.106 e. The number of hydrogen-bond donors (Lipinski definition) is 0. The quantitative estimate of drug-likeness (QED) is 0.592. The van der Waals surface area contributed by atoms with Gasteiger partial charge in [-0.15, -0.1) is 0 Å². The highest BCUT2D eigenvalue weighted by Crippen LogP contribution is 2.28. The summed E-state index contributed by atoms with van der Waals surface area (Å²) in [7, 11) is 0. The predicted molar refractivity (Wildman–Crippen MR) is 74.9 cm³/mol. The number of hydrogen-bond acceptors (Lipinski definition) is 1.